The van der Waals surface area contributed by atoms with Gasteiger partial charge in [-0.1, -0.05) is 30.3 Å². The summed E-state index contributed by atoms with van der Waals surface area (Å²) in [4.78, 5) is 6.47. The van der Waals surface area contributed by atoms with Crippen LogP contribution in [0.15, 0.2) is 42.6 Å². The molecule has 3 heteroatoms. The van der Waals surface area contributed by atoms with Gasteiger partial charge in [-0.3, -0.25) is 4.98 Å². The largest absolute Gasteiger partial charge is 0.378 e. The van der Waals surface area contributed by atoms with E-state index in [1.807, 2.05) is 18.2 Å². The summed E-state index contributed by atoms with van der Waals surface area (Å²) in [5, 5.41) is 0. The maximum Gasteiger partial charge on any atom is 0.0992 e. The van der Waals surface area contributed by atoms with Crippen LogP contribution in [0.4, 0.5) is 5.69 Å². The van der Waals surface area contributed by atoms with Crippen LogP contribution in [0.2, 0.25) is 0 Å². The zero-order chi connectivity index (χ0) is 12.2. The van der Waals surface area contributed by atoms with E-state index >= 15 is 0 Å². The Kier molecular flexibility index (Phi) is 3.24. The van der Waals surface area contributed by atoms with Gasteiger partial charge in [0.1, 0.15) is 0 Å². The third-order valence-electron chi connectivity index (χ3n) is 3.15. The van der Waals surface area contributed by atoms with Crippen molar-refractivity contribution in [3.63, 3.8) is 0 Å². The Morgan fingerprint density at radius 1 is 1.06 bits per heavy atom. The molecule has 1 saturated heterocycles. The minimum Gasteiger partial charge on any atom is -0.378 e. The fourth-order valence-electron chi connectivity index (χ4n) is 2.24. The number of benzene rings is 1. The second kappa shape index (κ2) is 5.19. The molecular weight excluding hydrogens is 224 g/mol. The van der Waals surface area contributed by atoms with Crippen LogP contribution in [0.1, 0.15) is 0 Å². The molecule has 2 aromatic rings. The van der Waals surface area contributed by atoms with Crippen molar-refractivity contribution in [3.05, 3.63) is 48.8 Å². The Morgan fingerprint density at radius 2 is 1.83 bits per heavy atom. The van der Waals surface area contributed by atoms with Crippen molar-refractivity contribution < 1.29 is 4.74 Å². The molecule has 0 N–H and O–H groups in total. The van der Waals surface area contributed by atoms with Gasteiger partial charge in [-0.05, 0) is 11.6 Å². The minimum atomic E-state index is 0.788. The van der Waals surface area contributed by atoms with E-state index in [9.17, 15) is 0 Å². The average molecular weight is 239 g/mol. The molecule has 0 aliphatic carbocycles. The number of hydrogen-bond donors (Lipinski definition) is 0. The molecule has 18 heavy (non-hydrogen) atoms. The van der Waals surface area contributed by atoms with E-state index in [0.717, 1.165) is 37.4 Å². The van der Waals surface area contributed by atoms with Crippen molar-refractivity contribution in [1.29, 1.82) is 0 Å². The summed E-state index contributed by atoms with van der Waals surface area (Å²) in [6.07, 6.45) is 4.92. The van der Waals surface area contributed by atoms with Gasteiger partial charge in [-0.15, -0.1) is 0 Å². The molecule has 1 aromatic heterocycles. The van der Waals surface area contributed by atoms with E-state index in [0.29, 0.717) is 0 Å². The minimum absolute atomic E-state index is 0.788. The van der Waals surface area contributed by atoms with E-state index in [1.165, 1.54) is 5.69 Å². The molecule has 1 fully saturated rings. The van der Waals surface area contributed by atoms with Crippen LogP contribution < -0.4 is 4.90 Å². The zero-order valence-electron chi connectivity index (χ0n) is 10.2. The lowest BCUT2D eigenvalue weighted by atomic mass is 10.1. The van der Waals surface area contributed by atoms with E-state index < -0.39 is 0 Å². The van der Waals surface area contributed by atoms with Crippen LogP contribution >= 0.6 is 0 Å². The molecule has 91 valence electrons. The molecule has 3 rings (SSSR count). The molecule has 0 unspecified atom stereocenters. The van der Waals surface area contributed by atoms with Crippen LogP contribution in [-0.2, 0) is 4.74 Å². The van der Waals surface area contributed by atoms with Crippen molar-refractivity contribution in [1.82, 2.24) is 4.98 Å². The molecule has 0 bridgehead atoms. The normalized spacial score (nSPS) is 15.7. The number of aromatic nitrogens is 1. The van der Waals surface area contributed by atoms with Crippen molar-refractivity contribution in [3.8, 4) is 11.1 Å². The molecule has 0 spiro atoms. The Morgan fingerprint density at radius 3 is 2.61 bits per heavy atom. The van der Waals surface area contributed by atoms with Crippen molar-refractivity contribution in [2.24, 2.45) is 0 Å². The maximum atomic E-state index is 5.40. The molecule has 2 heterocycles. The Hall–Kier alpha value is -1.87. The second-order valence-corrected chi connectivity index (χ2v) is 4.28. The van der Waals surface area contributed by atoms with Gasteiger partial charge in [0.2, 0.25) is 0 Å². The fourth-order valence-corrected chi connectivity index (χ4v) is 2.24. The van der Waals surface area contributed by atoms with Crippen molar-refractivity contribution in [2.75, 3.05) is 31.2 Å². The first-order valence-corrected chi connectivity index (χ1v) is 6.20. The monoisotopic (exact) mass is 239 g/mol. The van der Waals surface area contributed by atoms with Gasteiger partial charge >= 0.3 is 0 Å². The lowest BCUT2D eigenvalue weighted by Gasteiger charge is -2.30. The van der Waals surface area contributed by atoms with Crippen LogP contribution in [0.3, 0.4) is 0 Å². The highest BCUT2D eigenvalue weighted by Crippen LogP contribution is 2.29. The van der Waals surface area contributed by atoms with Crippen LogP contribution in [-0.4, -0.2) is 31.3 Å². The van der Waals surface area contributed by atoms with Gasteiger partial charge in [0.25, 0.3) is 0 Å². The molecule has 0 atom stereocenters. The SMILES string of the molecule is [c]1nccc(N2CCOCC2)c1-c1ccccc1. The zero-order valence-corrected chi connectivity index (χ0v) is 10.2. The predicted octanol–water partition coefficient (Wildman–Crippen LogP) is 2.39. The number of ether oxygens (including phenoxy) is 1. The molecule has 1 radical (unpaired) electrons. The van der Waals surface area contributed by atoms with Crippen molar-refractivity contribution >= 4 is 5.69 Å². The third-order valence-corrected chi connectivity index (χ3v) is 3.15. The number of anilines is 1. The van der Waals surface area contributed by atoms with E-state index in [2.05, 4.69) is 34.3 Å². The Bertz CT molecular complexity index is 507. The molecule has 3 nitrogen and oxygen atoms in total. The summed E-state index contributed by atoms with van der Waals surface area (Å²) in [6, 6.07) is 12.4. The molecule has 1 aliphatic rings. The first-order chi connectivity index (χ1) is 8.95. The third kappa shape index (κ3) is 2.22. The van der Waals surface area contributed by atoms with Gasteiger partial charge in [-0.2, -0.15) is 0 Å². The number of pyridine rings is 1. The quantitative estimate of drug-likeness (QED) is 0.804. The molecular formula is C15H15N2O. The van der Waals surface area contributed by atoms with Gasteiger partial charge < -0.3 is 9.64 Å². The summed E-state index contributed by atoms with van der Waals surface area (Å²) in [7, 11) is 0. The highest BCUT2D eigenvalue weighted by molar-refractivity contribution is 5.77. The summed E-state index contributed by atoms with van der Waals surface area (Å²) < 4.78 is 5.40. The predicted molar refractivity (Wildman–Crippen MR) is 71.5 cm³/mol. The first-order valence-electron chi connectivity index (χ1n) is 6.20. The summed E-state index contributed by atoms with van der Waals surface area (Å²) >= 11 is 0. The van der Waals surface area contributed by atoms with Crippen LogP contribution in [0.25, 0.3) is 11.1 Å². The molecule has 0 amide bonds. The molecule has 0 saturated carbocycles. The highest BCUT2D eigenvalue weighted by Gasteiger charge is 2.15. The molecule has 1 aromatic carbocycles. The Balaban J connectivity index is 1.99. The summed E-state index contributed by atoms with van der Waals surface area (Å²) in [5.41, 5.74) is 3.42. The van der Waals surface area contributed by atoms with Gasteiger partial charge in [0.15, 0.2) is 0 Å². The summed E-state index contributed by atoms with van der Waals surface area (Å²) in [6.45, 7) is 3.43. The van der Waals surface area contributed by atoms with E-state index in [1.54, 1.807) is 6.20 Å². The number of rotatable bonds is 2. The smallest absolute Gasteiger partial charge is 0.0992 e. The van der Waals surface area contributed by atoms with Gasteiger partial charge in [0, 0.05) is 30.5 Å². The second-order valence-electron chi connectivity index (χ2n) is 4.28. The topological polar surface area (TPSA) is 25.4 Å². The van der Waals surface area contributed by atoms with Gasteiger partial charge in [-0.25, -0.2) is 0 Å². The number of hydrogen-bond acceptors (Lipinski definition) is 3. The van der Waals surface area contributed by atoms with E-state index in [4.69, 9.17) is 4.74 Å². The number of morpholine rings is 1. The number of nitrogens with zero attached hydrogens (tertiary/aromatic N) is 2. The standard InChI is InChI=1S/C15H15N2O/c1-2-4-13(5-3-1)14-12-16-7-6-15(14)17-8-10-18-11-9-17/h1-7H,8-11H2. The highest BCUT2D eigenvalue weighted by atomic mass is 16.5. The van der Waals surface area contributed by atoms with Crippen LogP contribution in [0, 0.1) is 6.20 Å². The van der Waals surface area contributed by atoms with Crippen LogP contribution in [0.5, 0.6) is 0 Å². The van der Waals surface area contributed by atoms with E-state index in [-0.39, 0.29) is 0 Å². The van der Waals surface area contributed by atoms with Gasteiger partial charge in [0.05, 0.1) is 19.4 Å². The summed E-state index contributed by atoms with van der Waals surface area (Å²) in [5.74, 6) is 0. The average Bonchev–Trinajstić information content (AvgIpc) is 2.49. The first kappa shape index (κ1) is 11.2. The fraction of sp³-hybridized carbons (Fsp3) is 0.267. The lowest BCUT2D eigenvalue weighted by Crippen LogP contribution is -2.36. The lowest BCUT2D eigenvalue weighted by molar-refractivity contribution is 0.122. The maximum absolute atomic E-state index is 5.40. The van der Waals surface area contributed by atoms with Crippen molar-refractivity contribution in [2.45, 2.75) is 0 Å². The Labute approximate surface area is 107 Å². The molecule has 1 aliphatic heterocycles.